The molecule has 18 heavy (non-hydrogen) atoms. The summed E-state index contributed by atoms with van der Waals surface area (Å²) in [6.07, 6.45) is -4.64. The van der Waals surface area contributed by atoms with Gasteiger partial charge < -0.3 is 4.52 Å². The van der Waals surface area contributed by atoms with Gasteiger partial charge in [-0.25, -0.2) is 8.42 Å². The molecule has 10 heteroatoms. The van der Waals surface area contributed by atoms with Gasteiger partial charge in [0.25, 0.3) is 9.05 Å². The Labute approximate surface area is 107 Å². The molecule has 0 bridgehead atoms. The number of hydrogen-bond acceptors (Lipinski definition) is 5. The summed E-state index contributed by atoms with van der Waals surface area (Å²) in [5.74, 6) is -1.25. The van der Waals surface area contributed by atoms with Crippen molar-refractivity contribution < 1.29 is 26.1 Å². The van der Waals surface area contributed by atoms with E-state index in [-0.39, 0.29) is 14.8 Å². The maximum absolute atomic E-state index is 12.3. The molecule has 0 radical (unpaired) electrons. The van der Waals surface area contributed by atoms with Gasteiger partial charge in [0.1, 0.15) is 9.90 Å². The summed E-state index contributed by atoms with van der Waals surface area (Å²) in [6.45, 7) is 0. The van der Waals surface area contributed by atoms with Crippen molar-refractivity contribution in [2.75, 3.05) is 0 Å². The van der Waals surface area contributed by atoms with Crippen LogP contribution >= 0.6 is 22.0 Å². The predicted octanol–water partition coefficient (Wildman–Crippen LogP) is 3.35. The molecular formula is C8H3ClF3NO3S2. The van der Waals surface area contributed by atoms with Gasteiger partial charge in [0, 0.05) is 16.7 Å². The fraction of sp³-hybridized carbons (Fsp3) is 0.125. The number of nitrogens with zero attached hydrogens (tertiary/aromatic N) is 1. The van der Waals surface area contributed by atoms with Crippen molar-refractivity contribution in [3.63, 3.8) is 0 Å². The van der Waals surface area contributed by atoms with Gasteiger partial charge in [-0.3, -0.25) is 0 Å². The van der Waals surface area contributed by atoms with Gasteiger partial charge in [0.2, 0.25) is 5.76 Å². The average Bonchev–Trinajstić information content (AvgIpc) is 2.84. The molecule has 0 atom stereocenters. The van der Waals surface area contributed by atoms with Crippen molar-refractivity contribution in [1.29, 1.82) is 0 Å². The summed E-state index contributed by atoms with van der Waals surface area (Å²) in [5, 5.41) is 3.23. The van der Waals surface area contributed by atoms with E-state index in [1.165, 1.54) is 12.1 Å². The van der Waals surface area contributed by atoms with E-state index in [1.807, 2.05) is 0 Å². The van der Waals surface area contributed by atoms with Gasteiger partial charge in [0.15, 0.2) is 0 Å². The summed E-state index contributed by atoms with van der Waals surface area (Å²) in [5.41, 5.74) is -0.0982. The first-order valence-corrected chi connectivity index (χ1v) is 7.39. The zero-order valence-corrected chi connectivity index (χ0v) is 10.6. The standard InChI is InChI=1S/C8H3ClF3NO3S2/c9-18(14,15)7-2-1-5(17-7)4-3-6(16-13-4)8(10,11)12/h1-3H. The van der Waals surface area contributed by atoms with Crippen LogP contribution in [0.15, 0.2) is 26.9 Å². The summed E-state index contributed by atoms with van der Waals surface area (Å²) in [7, 11) is 1.19. The highest BCUT2D eigenvalue weighted by atomic mass is 35.7. The van der Waals surface area contributed by atoms with Gasteiger partial charge in [-0.2, -0.15) is 13.2 Å². The van der Waals surface area contributed by atoms with E-state index in [9.17, 15) is 21.6 Å². The number of halogens is 4. The van der Waals surface area contributed by atoms with Crippen LogP contribution in [-0.2, 0) is 15.2 Å². The molecule has 2 aromatic heterocycles. The molecule has 0 fully saturated rings. The van der Waals surface area contributed by atoms with E-state index < -0.39 is 21.0 Å². The van der Waals surface area contributed by atoms with Crippen LogP contribution in [0.3, 0.4) is 0 Å². The van der Waals surface area contributed by atoms with Gasteiger partial charge in [0.05, 0.1) is 4.88 Å². The predicted molar refractivity (Wildman–Crippen MR) is 57.9 cm³/mol. The first kappa shape index (κ1) is 13.4. The molecule has 0 unspecified atom stereocenters. The Morgan fingerprint density at radius 3 is 2.44 bits per heavy atom. The van der Waals surface area contributed by atoms with Crippen LogP contribution in [0, 0.1) is 0 Å². The quantitative estimate of drug-likeness (QED) is 0.797. The zero-order valence-electron chi connectivity index (χ0n) is 8.23. The molecule has 2 rings (SSSR count). The van der Waals surface area contributed by atoms with Crippen LogP contribution in [0.1, 0.15) is 5.76 Å². The molecule has 0 aromatic carbocycles. The minimum atomic E-state index is -4.64. The number of thiophene rings is 1. The lowest BCUT2D eigenvalue weighted by atomic mass is 10.3. The molecule has 0 aliphatic heterocycles. The Morgan fingerprint density at radius 1 is 1.33 bits per heavy atom. The summed E-state index contributed by atoms with van der Waals surface area (Å²) in [4.78, 5) is 0.216. The third kappa shape index (κ3) is 2.68. The summed E-state index contributed by atoms with van der Waals surface area (Å²) in [6, 6.07) is 3.18. The number of rotatable bonds is 2. The van der Waals surface area contributed by atoms with E-state index in [2.05, 4.69) is 9.68 Å². The minimum absolute atomic E-state index is 0.0982. The third-order valence-electron chi connectivity index (χ3n) is 1.86. The molecule has 0 saturated heterocycles. The Morgan fingerprint density at radius 2 is 2.00 bits per heavy atom. The fourth-order valence-electron chi connectivity index (χ4n) is 1.11. The largest absolute Gasteiger partial charge is 0.452 e. The van der Waals surface area contributed by atoms with Crippen LogP contribution in [0.25, 0.3) is 10.6 Å². The highest BCUT2D eigenvalue weighted by molar-refractivity contribution is 8.15. The summed E-state index contributed by atoms with van der Waals surface area (Å²) < 4.78 is 62.7. The lowest BCUT2D eigenvalue weighted by Crippen LogP contribution is -2.01. The molecular weight excluding hydrogens is 315 g/mol. The topological polar surface area (TPSA) is 60.2 Å². The van der Waals surface area contributed by atoms with Gasteiger partial charge >= 0.3 is 6.18 Å². The fourth-order valence-corrected chi connectivity index (χ4v) is 3.14. The van der Waals surface area contributed by atoms with Gasteiger partial charge in [-0.05, 0) is 12.1 Å². The van der Waals surface area contributed by atoms with Crippen LogP contribution in [0.2, 0.25) is 0 Å². The van der Waals surface area contributed by atoms with E-state index >= 15 is 0 Å². The van der Waals surface area contributed by atoms with E-state index in [1.54, 1.807) is 0 Å². The third-order valence-corrected chi connectivity index (χ3v) is 5.06. The van der Waals surface area contributed by atoms with E-state index in [4.69, 9.17) is 10.7 Å². The van der Waals surface area contributed by atoms with Crippen LogP contribution < -0.4 is 0 Å². The van der Waals surface area contributed by atoms with E-state index in [0.717, 1.165) is 0 Å². The molecule has 4 nitrogen and oxygen atoms in total. The monoisotopic (exact) mass is 317 g/mol. The Kier molecular flexibility index (Phi) is 3.16. The van der Waals surface area contributed by atoms with E-state index in [0.29, 0.717) is 17.4 Å². The summed E-state index contributed by atoms with van der Waals surface area (Å²) >= 11 is 0.707. The first-order valence-electron chi connectivity index (χ1n) is 4.27. The molecule has 0 saturated carbocycles. The number of hydrogen-bond donors (Lipinski definition) is 0. The SMILES string of the molecule is O=S(=O)(Cl)c1ccc(-c2cc(C(F)(F)F)on2)s1. The molecule has 98 valence electrons. The normalized spacial score (nSPS) is 12.9. The molecule has 0 aliphatic carbocycles. The van der Waals surface area contributed by atoms with Crippen molar-refractivity contribution in [3.8, 4) is 10.6 Å². The van der Waals surface area contributed by atoms with Crippen molar-refractivity contribution in [2.24, 2.45) is 0 Å². The Hall–Kier alpha value is -1.06. The number of alkyl halides is 3. The molecule has 0 N–H and O–H groups in total. The van der Waals surface area contributed by atoms with Crippen LogP contribution in [-0.4, -0.2) is 13.6 Å². The molecule has 0 aliphatic rings. The average molecular weight is 318 g/mol. The second-order valence-electron chi connectivity index (χ2n) is 3.13. The Bertz CT molecular complexity index is 674. The minimum Gasteiger partial charge on any atom is -0.351 e. The maximum Gasteiger partial charge on any atom is 0.452 e. The van der Waals surface area contributed by atoms with Gasteiger partial charge in [-0.1, -0.05) is 5.16 Å². The second-order valence-corrected chi connectivity index (χ2v) is 7.01. The highest BCUT2D eigenvalue weighted by Crippen LogP contribution is 2.35. The van der Waals surface area contributed by atoms with Crippen molar-refractivity contribution in [1.82, 2.24) is 5.16 Å². The smallest absolute Gasteiger partial charge is 0.351 e. The highest BCUT2D eigenvalue weighted by Gasteiger charge is 2.36. The van der Waals surface area contributed by atoms with Crippen molar-refractivity contribution in [3.05, 3.63) is 24.0 Å². The van der Waals surface area contributed by atoms with Gasteiger partial charge in [-0.15, -0.1) is 11.3 Å². The zero-order chi connectivity index (χ0) is 13.6. The molecule has 0 spiro atoms. The molecule has 0 amide bonds. The second kappa shape index (κ2) is 4.25. The molecule has 2 aromatic rings. The molecule has 2 heterocycles. The maximum atomic E-state index is 12.3. The van der Waals surface area contributed by atoms with Crippen LogP contribution in [0.5, 0.6) is 0 Å². The Balaban J connectivity index is 2.39. The number of aromatic nitrogens is 1. The lowest BCUT2D eigenvalue weighted by Gasteiger charge is -1.97. The van der Waals surface area contributed by atoms with Crippen molar-refractivity contribution in [2.45, 2.75) is 10.4 Å². The van der Waals surface area contributed by atoms with Crippen LogP contribution in [0.4, 0.5) is 13.2 Å². The first-order chi connectivity index (χ1) is 8.18. The lowest BCUT2D eigenvalue weighted by molar-refractivity contribution is -0.155. The van der Waals surface area contributed by atoms with Crippen molar-refractivity contribution >= 4 is 31.1 Å².